The molecule has 2 aromatic carbocycles. The Kier molecular flexibility index (Phi) is 6.31. The first-order valence-electron chi connectivity index (χ1n) is 11.0. The summed E-state index contributed by atoms with van der Waals surface area (Å²) in [7, 11) is 0. The van der Waals surface area contributed by atoms with Crippen molar-refractivity contribution in [3.63, 3.8) is 0 Å². The van der Waals surface area contributed by atoms with Gasteiger partial charge >= 0.3 is 0 Å². The van der Waals surface area contributed by atoms with Gasteiger partial charge < -0.3 is 18.9 Å². The Labute approximate surface area is 204 Å². The highest BCUT2D eigenvalue weighted by molar-refractivity contribution is 7.90. The van der Waals surface area contributed by atoms with E-state index in [1.165, 1.54) is 30.5 Å². The lowest BCUT2D eigenvalue weighted by Crippen LogP contribution is -2.32. The Balaban J connectivity index is 1.22. The molecule has 3 aromatic rings. The van der Waals surface area contributed by atoms with Crippen LogP contribution in [-0.4, -0.2) is 51.0 Å². The molecule has 5 rings (SSSR count). The van der Waals surface area contributed by atoms with Crippen molar-refractivity contribution in [2.75, 3.05) is 23.6 Å². The molecule has 0 bridgehead atoms. The van der Waals surface area contributed by atoms with Crippen molar-refractivity contribution in [2.45, 2.75) is 19.1 Å². The van der Waals surface area contributed by atoms with E-state index in [0.717, 1.165) is 5.56 Å². The van der Waals surface area contributed by atoms with Crippen LogP contribution in [0.1, 0.15) is 22.3 Å². The van der Waals surface area contributed by atoms with Gasteiger partial charge in [-0.1, -0.05) is 6.07 Å². The maximum absolute atomic E-state index is 13.0. The number of carbonyl (C=O) groups is 2. The van der Waals surface area contributed by atoms with E-state index in [1.54, 1.807) is 34.3 Å². The summed E-state index contributed by atoms with van der Waals surface area (Å²) < 4.78 is 36.0. The molecule has 2 atom stereocenters. The van der Waals surface area contributed by atoms with E-state index in [1.807, 2.05) is 12.1 Å². The predicted molar refractivity (Wildman–Crippen MR) is 127 cm³/mol. The molecule has 2 aliphatic rings. The molecule has 2 aliphatic heterocycles. The van der Waals surface area contributed by atoms with Gasteiger partial charge in [0.1, 0.15) is 17.3 Å². The number of halogens is 1. The minimum atomic E-state index is -1.12. The average molecular weight is 496 g/mol. The average Bonchev–Trinajstić information content (AvgIpc) is 3.35. The number of rotatable bonds is 7. The van der Waals surface area contributed by atoms with E-state index in [2.05, 4.69) is 4.98 Å². The Morgan fingerprint density at radius 3 is 2.60 bits per heavy atom. The molecule has 0 saturated carbocycles. The predicted octanol–water partition coefficient (Wildman–Crippen LogP) is 3.49. The van der Waals surface area contributed by atoms with Crippen molar-refractivity contribution < 1.29 is 28.0 Å². The lowest BCUT2D eigenvalue weighted by molar-refractivity contribution is -0.122. The van der Waals surface area contributed by atoms with Crippen LogP contribution in [0.15, 0.2) is 60.8 Å². The zero-order valence-electron chi connectivity index (χ0n) is 18.8. The fourth-order valence-corrected chi connectivity index (χ4v) is 4.79. The molecule has 8 nitrogen and oxygen atoms in total. The number of carbonyl (C=O) groups excluding carboxylic acids is 2. The number of fused-ring (bicyclic) bond motifs is 1. The second-order valence-electron chi connectivity index (χ2n) is 8.32. The lowest BCUT2D eigenvalue weighted by Gasteiger charge is -2.18. The number of nitrogens with zero attached hydrogens (tertiary/aromatic N) is 3. The molecule has 10 heteroatoms. The lowest BCUT2D eigenvalue weighted by atomic mass is 10.1. The van der Waals surface area contributed by atoms with Gasteiger partial charge in [-0.15, -0.1) is 0 Å². The third kappa shape index (κ3) is 4.94. The molecule has 180 valence electrons. The third-order valence-electron chi connectivity index (χ3n) is 5.80. The van der Waals surface area contributed by atoms with Crippen LogP contribution in [0.2, 0.25) is 0 Å². The quantitative estimate of drug-likeness (QED) is 0.466. The van der Waals surface area contributed by atoms with Gasteiger partial charge in [-0.3, -0.25) is 14.5 Å². The number of anilines is 1. The van der Waals surface area contributed by atoms with Crippen molar-refractivity contribution in [1.29, 1.82) is 0 Å². The SMILES string of the molecule is C[S+]([O-])CN1Cc2ccc(N3CC[C@@H](Oc4ccc(Oc5ccc(F)cc5)nc4)C3=O)cc2C1=O. The van der Waals surface area contributed by atoms with Crippen LogP contribution in [0.3, 0.4) is 0 Å². The van der Waals surface area contributed by atoms with Crippen molar-refractivity contribution in [2.24, 2.45) is 0 Å². The molecule has 3 heterocycles. The zero-order chi connectivity index (χ0) is 24.5. The van der Waals surface area contributed by atoms with Gasteiger partial charge in [0.2, 0.25) is 5.88 Å². The van der Waals surface area contributed by atoms with Crippen molar-refractivity contribution in [1.82, 2.24) is 9.88 Å². The van der Waals surface area contributed by atoms with Gasteiger partial charge in [-0.05, 0) is 59.2 Å². The van der Waals surface area contributed by atoms with Crippen LogP contribution in [0, 0.1) is 5.82 Å². The van der Waals surface area contributed by atoms with E-state index in [-0.39, 0.29) is 23.5 Å². The van der Waals surface area contributed by atoms with E-state index in [4.69, 9.17) is 9.47 Å². The first-order valence-corrected chi connectivity index (χ1v) is 12.7. The molecule has 1 fully saturated rings. The number of hydrogen-bond donors (Lipinski definition) is 0. The largest absolute Gasteiger partial charge is 0.615 e. The van der Waals surface area contributed by atoms with Gasteiger partial charge in [0.15, 0.2) is 12.0 Å². The van der Waals surface area contributed by atoms with Crippen LogP contribution in [0.25, 0.3) is 0 Å². The van der Waals surface area contributed by atoms with E-state index < -0.39 is 17.3 Å². The van der Waals surface area contributed by atoms with E-state index in [0.29, 0.717) is 48.1 Å². The Hall–Kier alpha value is -3.63. The van der Waals surface area contributed by atoms with Crippen molar-refractivity contribution in [3.05, 3.63) is 77.7 Å². The summed E-state index contributed by atoms with van der Waals surface area (Å²) in [4.78, 5) is 33.1. The van der Waals surface area contributed by atoms with E-state index >= 15 is 0 Å². The molecule has 1 unspecified atom stereocenters. The smallest absolute Gasteiger partial charge is 0.268 e. The molecular weight excluding hydrogens is 473 g/mol. The molecule has 0 N–H and O–H groups in total. The molecule has 2 amide bonds. The fraction of sp³-hybridized carbons (Fsp3) is 0.240. The third-order valence-corrected chi connectivity index (χ3v) is 6.48. The molecular formula is C25H22FN3O5S. The minimum Gasteiger partial charge on any atom is -0.615 e. The summed E-state index contributed by atoms with van der Waals surface area (Å²) >= 11 is -1.12. The summed E-state index contributed by atoms with van der Waals surface area (Å²) in [6, 6.07) is 14.2. The highest BCUT2D eigenvalue weighted by atomic mass is 32.2. The number of amides is 2. The monoisotopic (exact) mass is 495 g/mol. The molecule has 0 spiro atoms. The van der Waals surface area contributed by atoms with Gasteiger partial charge in [-0.25, -0.2) is 9.37 Å². The van der Waals surface area contributed by atoms with Crippen LogP contribution in [0.5, 0.6) is 17.4 Å². The highest BCUT2D eigenvalue weighted by Crippen LogP contribution is 2.31. The minimum absolute atomic E-state index is 0.175. The number of hydrogen-bond acceptors (Lipinski definition) is 6. The fourth-order valence-electron chi connectivity index (χ4n) is 4.14. The van der Waals surface area contributed by atoms with Crippen LogP contribution < -0.4 is 14.4 Å². The number of ether oxygens (including phenoxy) is 2. The number of benzene rings is 2. The van der Waals surface area contributed by atoms with E-state index in [9.17, 15) is 18.5 Å². The van der Waals surface area contributed by atoms with Gasteiger partial charge in [0.05, 0.1) is 19.0 Å². The summed E-state index contributed by atoms with van der Waals surface area (Å²) in [5.74, 6) is 0.638. The number of aromatic nitrogens is 1. The summed E-state index contributed by atoms with van der Waals surface area (Å²) in [6.07, 6.45) is 2.84. The standard InChI is InChI=1S/C25H22FN3O5S/c1-35(32)15-28-14-16-2-5-18(12-21(16)24(28)30)29-11-10-22(25(29)31)33-20-8-9-23(27-13-20)34-19-6-3-17(26)4-7-19/h2-9,12-13,22H,10-11,14-15H2,1H3/t22-,35?/m1/s1. The number of pyridine rings is 1. The summed E-state index contributed by atoms with van der Waals surface area (Å²) in [5.41, 5.74) is 2.03. The maximum Gasteiger partial charge on any atom is 0.268 e. The highest BCUT2D eigenvalue weighted by Gasteiger charge is 2.36. The van der Waals surface area contributed by atoms with Crippen LogP contribution in [0.4, 0.5) is 10.1 Å². The first-order chi connectivity index (χ1) is 16.9. The molecule has 1 saturated heterocycles. The van der Waals surface area contributed by atoms with Gasteiger partial charge in [-0.2, -0.15) is 0 Å². The zero-order valence-corrected chi connectivity index (χ0v) is 19.7. The van der Waals surface area contributed by atoms with Crippen molar-refractivity contribution >= 4 is 28.7 Å². The molecule has 35 heavy (non-hydrogen) atoms. The Bertz CT molecular complexity index is 1250. The normalized spacial score (nSPS) is 18.1. The Morgan fingerprint density at radius 1 is 1.11 bits per heavy atom. The molecule has 1 aromatic heterocycles. The Morgan fingerprint density at radius 2 is 1.89 bits per heavy atom. The second-order valence-corrected chi connectivity index (χ2v) is 9.72. The van der Waals surface area contributed by atoms with Crippen molar-refractivity contribution in [3.8, 4) is 17.4 Å². The van der Waals surface area contributed by atoms with Crippen LogP contribution in [-0.2, 0) is 22.5 Å². The summed E-state index contributed by atoms with van der Waals surface area (Å²) in [5, 5.41) is 0. The molecule has 0 aliphatic carbocycles. The topological polar surface area (TPSA) is 95.0 Å². The second kappa shape index (κ2) is 9.55. The molecule has 0 radical (unpaired) electrons. The summed E-state index contributed by atoms with van der Waals surface area (Å²) in [6.45, 7) is 0.875. The maximum atomic E-state index is 13.0. The first kappa shape index (κ1) is 23.1. The van der Waals surface area contributed by atoms with Gasteiger partial charge in [0.25, 0.3) is 11.8 Å². The van der Waals surface area contributed by atoms with Crippen LogP contribution >= 0.6 is 0 Å². The van der Waals surface area contributed by atoms with Gasteiger partial charge in [0, 0.05) is 30.3 Å².